The van der Waals surface area contributed by atoms with Crippen LogP contribution in [0.1, 0.15) is 31.7 Å². The second-order valence-corrected chi connectivity index (χ2v) is 8.50. The molecule has 13 heteroatoms. The normalized spacial score (nSPS) is 15.2. The van der Waals surface area contributed by atoms with E-state index in [9.17, 15) is 34.5 Å². The summed E-state index contributed by atoms with van der Waals surface area (Å²) in [4.78, 5) is 49.4. The van der Waals surface area contributed by atoms with Gasteiger partial charge in [0.1, 0.15) is 23.9 Å². The monoisotopic (exact) mass is 513 g/mol. The maximum absolute atomic E-state index is 12.7. The lowest BCUT2D eigenvalue weighted by atomic mass is 10.1. The predicted molar refractivity (Wildman–Crippen MR) is 132 cm³/mol. The number of hydrogen-bond donors (Lipinski definition) is 9. The summed E-state index contributed by atoms with van der Waals surface area (Å²) in [5, 5.41) is 36.0. The molecular formula is C22H35N5O7S. The zero-order chi connectivity index (χ0) is 26.5. The van der Waals surface area contributed by atoms with E-state index in [2.05, 4.69) is 28.6 Å². The SMILES string of the molecule is CC(O)C(NC(=O)C(N)CCCCN)C(=O)NC(CS)C(=O)NC(Cc1ccc(O)cc1)C(=O)O. The molecule has 5 unspecified atom stereocenters. The second-order valence-electron chi connectivity index (χ2n) is 8.13. The molecule has 0 aliphatic carbocycles. The van der Waals surface area contributed by atoms with Crippen LogP contribution in [0.5, 0.6) is 5.75 Å². The number of nitrogens with one attached hydrogen (secondary N) is 3. The highest BCUT2D eigenvalue weighted by atomic mass is 32.1. The van der Waals surface area contributed by atoms with Gasteiger partial charge in [-0.2, -0.15) is 12.6 Å². The van der Waals surface area contributed by atoms with Crippen LogP contribution in [0.4, 0.5) is 0 Å². The maximum atomic E-state index is 12.7. The Kier molecular flexibility index (Phi) is 13.1. The molecular weight excluding hydrogens is 478 g/mol. The fraction of sp³-hybridized carbons (Fsp3) is 0.545. The number of carbonyl (C=O) groups excluding carboxylic acids is 3. The third-order valence-electron chi connectivity index (χ3n) is 5.17. The molecule has 0 aliphatic rings. The van der Waals surface area contributed by atoms with Crippen molar-refractivity contribution >= 4 is 36.3 Å². The van der Waals surface area contributed by atoms with Gasteiger partial charge in [-0.05, 0) is 44.0 Å². The van der Waals surface area contributed by atoms with Gasteiger partial charge in [-0.1, -0.05) is 18.6 Å². The van der Waals surface area contributed by atoms with Crippen molar-refractivity contribution in [2.24, 2.45) is 11.5 Å². The number of benzene rings is 1. The molecule has 12 nitrogen and oxygen atoms in total. The molecule has 0 fully saturated rings. The van der Waals surface area contributed by atoms with Crippen LogP contribution in [0.15, 0.2) is 24.3 Å². The highest BCUT2D eigenvalue weighted by Gasteiger charge is 2.32. The van der Waals surface area contributed by atoms with Crippen LogP contribution in [-0.4, -0.2) is 81.6 Å². The molecule has 0 spiro atoms. The number of thiol groups is 1. The average molecular weight is 514 g/mol. The van der Waals surface area contributed by atoms with Crippen molar-refractivity contribution in [1.82, 2.24) is 16.0 Å². The van der Waals surface area contributed by atoms with Gasteiger partial charge >= 0.3 is 5.97 Å². The maximum Gasteiger partial charge on any atom is 0.326 e. The van der Waals surface area contributed by atoms with E-state index in [1.807, 2.05) is 0 Å². The van der Waals surface area contributed by atoms with Gasteiger partial charge in [0.15, 0.2) is 0 Å². The van der Waals surface area contributed by atoms with Gasteiger partial charge < -0.3 is 42.7 Å². The van der Waals surface area contributed by atoms with Gasteiger partial charge in [-0.25, -0.2) is 4.79 Å². The van der Waals surface area contributed by atoms with E-state index >= 15 is 0 Å². The minimum Gasteiger partial charge on any atom is -0.508 e. The molecule has 3 amide bonds. The molecule has 10 N–H and O–H groups in total. The van der Waals surface area contributed by atoms with E-state index in [1.165, 1.54) is 31.2 Å². The van der Waals surface area contributed by atoms with E-state index in [0.717, 1.165) is 0 Å². The van der Waals surface area contributed by atoms with Gasteiger partial charge in [0.25, 0.3) is 0 Å². The Morgan fingerprint density at radius 1 is 0.971 bits per heavy atom. The number of carbonyl (C=O) groups is 4. The highest BCUT2D eigenvalue weighted by Crippen LogP contribution is 2.12. The van der Waals surface area contributed by atoms with Gasteiger partial charge in [0.2, 0.25) is 17.7 Å². The van der Waals surface area contributed by atoms with Crippen molar-refractivity contribution < 1.29 is 34.5 Å². The lowest BCUT2D eigenvalue weighted by Crippen LogP contribution is -2.60. The lowest BCUT2D eigenvalue weighted by molar-refractivity contribution is -0.142. The Morgan fingerprint density at radius 3 is 2.09 bits per heavy atom. The lowest BCUT2D eigenvalue weighted by Gasteiger charge is -2.26. The summed E-state index contributed by atoms with van der Waals surface area (Å²) in [5.74, 6) is -3.78. The average Bonchev–Trinajstić information content (AvgIpc) is 2.81. The van der Waals surface area contributed by atoms with Crippen molar-refractivity contribution in [2.75, 3.05) is 12.3 Å². The molecule has 35 heavy (non-hydrogen) atoms. The Balaban J connectivity index is 2.80. The Morgan fingerprint density at radius 2 is 1.57 bits per heavy atom. The molecule has 1 aromatic carbocycles. The van der Waals surface area contributed by atoms with Crippen molar-refractivity contribution in [2.45, 2.75) is 62.9 Å². The molecule has 5 atom stereocenters. The summed E-state index contributed by atoms with van der Waals surface area (Å²) in [6, 6.07) is 0.955. The standard InChI is InChI=1S/C22H35N5O7S/c1-12(28)18(27-19(30)15(24)4-2-3-9-23)21(32)26-17(11-35)20(31)25-16(22(33)34)10-13-5-7-14(29)8-6-13/h5-8,12,15-18,28-29,35H,2-4,9-11,23-24H2,1H3,(H,25,31)(H,26,32)(H,27,30)(H,33,34). The Bertz CT molecular complexity index is 853. The topological polar surface area (TPSA) is 217 Å². The fourth-order valence-electron chi connectivity index (χ4n) is 3.10. The second kappa shape index (κ2) is 15.2. The molecule has 0 saturated carbocycles. The number of aliphatic hydroxyl groups excluding tert-OH is 1. The Labute approximate surface area is 209 Å². The zero-order valence-corrected chi connectivity index (χ0v) is 20.4. The molecule has 0 aliphatic heterocycles. The Hall–Kier alpha value is -2.87. The zero-order valence-electron chi connectivity index (χ0n) is 19.5. The number of carboxylic acid groups (broad SMARTS) is 1. The quantitative estimate of drug-likeness (QED) is 0.0957. The number of unbranched alkanes of at least 4 members (excludes halogenated alkanes) is 1. The number of hydrogen-bond acceptors (Lipinski definition) is 9. The smallest absolute Gasteiger partial charge is 0.326 e. The van der Waals surface area contributed by atoms with Gasteiger partial charge in [-0.3, -0.25) is 14.4 Å². The first-order chi connectivity index (χ1) is 16.5. The first kappa shape index (κ1) is 30.2. The van der Waals surface area contributed by atoms with E-state index in [4.69, 9.17) is 11.5 Å². The fourth-order valence-corrected chi connectivity index (χ4v) is 3.36. The highest BCUT2D eigenvalue weighted by molar-refractivity contribution is 7.80. The summed E-state index contributed by atoms with van der Waals surface area (Å²) in [5.41, 5.74) is 11.8. The molecule has 0 saturated heterocycles. The van der Waals surface area contributed by atoms with E-state index < -0.39 is 54.0 Å². The van der Waals surface area contributed by atoms with Gasteiger partial charge in [0, 0.05) is 12.2 Å². The third kappa shape index (κ3) is 10.5. The first-order valence-corrected chi connectivity index (χ1v) is 11.8. The van der Waals surface area contributed by atoms with Crippen LogP contribution in [0, 0.1) is 0 Å². The molecule has 1 rings (SSSR count). The molecule has 1 aromatic rings. The van der Waals surface area contributed by atoms with Crippen LogP contribution in [0.2, 0.25) is 0 Å². The minimum atomic E-state index is -1.40. The largest absolute Gasteiger partial charge is 0.508 e. The summed E-state index contributed by atoms with van der Waals surface area (Å²) in [7, 11) is 0. The number of aliphatic hydroxyl groups is 1. The number of phenols is 1. The van der Waals surface area contributed by atoms with Crippen molar-refractivity contribution in [1.29, 1.82) is 0 Å². The van der Waals surface area contributed by atoms with E-state index in [1.54, 1.807) is 0 Å². The van der Waals surface area contributed by atoms with Crippen LogP contribution in [0.3, 0.4) is 0 Å². The molecule has 196 valence electrons. The third-order valence-corrected chi connectivity index (χ3v) is 5.54. The van der Waals surface area contributed by atoms with Crippen molar-refractivity contribution in [3.8, 4) is 5.75 Å². The number of nitrogens with two attached hydrogens (primary N) is 2. The van der Waals surface area contributed by atoms with Crippen molar-refractivity contribution in [3.63, 3.8) is 0 Å². The molecule has 0 aromatic heterocycles. The van der Waals surface area contributed by atoms with Crippen LogP contribution < -0.4 is 27.4 Å². The predicted octanol–water partition coefficient (Wildman–Crippen LogP) is -1.76. The summed E-state index contributed by atoms with van der Waals surface area (Å²) in [6.45, 7) is 1.75. The minimum absolute atomic E-state index is 0.0128. The van der Waals surface area contributed by atoms with E-state index in [-0.39, 0.29) is 17.9 Å². The van der Waals surface area contributed by atoms with Crippen molar-refractivity contribution in [3.05, 3.63) is 29.8 Å². The molecule has 0 heterocycles. The van der Waals surface area contributed by atoms with Gasteiger partial charge in [-0.15, -0.1) is 0 Å². The number of phenolic OH excluding ortho intramolecular Hbond substituents is 1. The number of rotatable bonds is 15. The van der Waals surface area contributed by atoms with Crippen LogP contribution in [-0.2, 0) is 25.6 Å². The molecule has 0 radical (unpaired) electrons. The summed E-state index contributed by atoms with van der Waals surface area (Å²) in [6.07, 6.45) is 0.275. The number of aromatic hydroxyl groups is 1. The van der Waals surface area contributed by atoms with Crippen LogP contribution >= 0.6 is 12.6 Å². The van der Waals surface area contributed by atoms with Crippen LogP contribution in [0.25, 0.3) is 0 Å². The number of amides is 3. The van der Waals surface area contributed by atoms with E-state index in [0.29, 0.717) is 31.4 Å². The van der Waals surface area contributed by atoms with Gasteiger partial charge in [0.05, 0.1) is 12.1 Å². The number of carboxylic acids is 1. The summed E-state index contributed by atoms with van der Waals surface area (Å²) >= 11 is 4.05. The summed E-state index contributed by atoms with van der Waals surface area (Å²) < 4.78 is 0. The molecule has 0 bridgehead atoms. The number of aliphatic carboxylic acids is 1. The first-order valence-electron chi connectivity index (χ1n) is 11.2.